The van der Waals surface area contributed by atoms with E-state index in [0.29, 0.717) is 11.6 Å². The van der Waals surface area contributed by atoms with E-state index in [1.165, 1.54) is 11.5 Å². The molecular weight excluding hydrogens is 298 g/mol. The molecule has 0 amide bonds. The predicted octanol–water partition coefficient (Wildman–Crippen LogP) is 3.08. The third-order valence-corrected chi connectivity index (χ3v) is 3.48. The van der Waals surface area contributed by atoms with Crippen LogP contribution in [0.25, 0.3) is 11.3 Å². The number of hydrogen-bond donors (Lipinski definition) is 1. The van der Waals surface area contributed by atoms with Gasteiger partial charge in [0.1, 0.15) is 5.69 Å². The molecule has 2 aromatic rings. The quantitative estimate of drug-likeness (QED) is 0.927. The minimum absolute atomic E-state index is 0.430. The maximum Gasteiger partial charge on any atom is 0.111 e. The largest absolute Gasteiger partial charge is 0.326 e. The summed E-state index contributed by atoms with van der Waals surface area (Å²) in [4.78, 5) is 0.944. The first kappa shape index (κ1) is 11.0. The van der Waals surface area contributed by atoms with Crippen molar-refractivity contribution in [2.75, 3.05) is 0 Å². The zero-order chi connectivity index (χ0) is 10.8. The van der Waals surface area contributed by atoms with Gasteiger partial charge in [-0.3, -0.25) is 0 Å². The van der Waals surface area contributed by atoms with Crippen molar-refractivity contribution in [2.45, 2.75) is 6.54 Å². The van der Waals surface area contributed by atoms with Gasteiger partial charge in [0.05, 0.1) is 9.90 Å². The molecule has 3 nitrogen and oxygen atoms in total. The summed E-state index contributed by atoms with van der Waals surface area (Å²) in [5.41, 5.74) is 7.24. The van der Waals surface area contributed by atoms with Gasteiger partial charge in [-0.25, -0.2) is 0 Å². The summed E-state index contributed by atoms with van der Waals surface area (Å²) < 4.78 is 4.81. The molecule has 1 aromatic heterocycles. The van der Waals surface area contributed by atoms with E-state index in [1.54, 1.807) is 0 Å². The van der Waals surface area contributed by atoms with Gasteiger partial charge in [0.15, 0.2) is 0 Å². The van der Waals surface area contributed by atoms with E-state index in [9.17, 15) is 0 Å². The topological polar surface area (TPSA) is 51.8 Å². The van der Waals surface area contributed by atoms with Crippen LogP contribution in [-0.4, -0.2) is 9.59 Å². The van der Waals surface area contributed by atoms with E-state index in [0.717, 1.165) is 20.6 Å². The van der Waals surface area contributed by atoms with Crippen LogP contribution in [0.3, 0.4) is 0 Å². The Morgan fingerprint density at radius 2 is 2.27 bits per heavy atom. The summed E-state index contributed by atoms with van der Waals surface area (Å²) in [5, 5.41) is 4.68. The van der Waals surface area contributed by atoms with Crippen molar-refractivity contribution in [2.24, 2.45) is 5.73 Å². The maximum atomic E-state index is 6.12. The third-order valence-electron chi connectivity index (χ3n) is 1.93. The Morgan fingerprint density at radius 3 is 2.93 bits per heavy atom. The van der Waals surface area contributed by atoms with Crippen LogP contribution in [-0.2, 0) is 6.54 Å². The highest BCUT2D eigenvalue weighted by atomic mass is 79.9. The van der Waals surface area contributed by atoms with Crippen LogP contribution >= 0.6 is 39.1 Å². The number of halogens is 2. The van der Waals surface area contributed by atoms with E-state index in [4.69, 9.17) is 17.3 Å². The van der Waals surface area contributed by atoms with Crippen LogP contribution in [0.5, 0.6) is 0 Å². The second-order valence-electron chi connectivity index (χ2n) is 2.87. The molecule has 0 spiro atoms. The summed E-state index contributed by atoms with van der Waals surface area (Å²) >= 11 is 10.8. The highest BCUT2D eigenvalue weighted by Gasteiger charge is 2.12. The zero-order valence-electron chi connectivity index (χ0n) is 7.58. The molecule has 2 N–H and O–H groups in total. The van der Waals surface area contributed by atoms with Crippen molar-refractivity contribution < 1.29 is 0 Å². The lowest BCUT2D eigenvalue weighted by Crippen LogP contribution is -1.95. The van der Waals surface area contributed by atoms with Crippen LogP contribution in [0, 0.1) is 0 Å². The van der Waals surface area contributed by atoms with Crippen molar-refractivity contribution >= 4 is 39.1 Å². The zero-order valence-corrected chi connectivity index (χ0v) is 10.7. The highest BCUT2D eigenvalue weighted by molar-refractivity contribution is 9.10. The average Bonchev–Trinajstić information content (AvgIpc) is 2.65. The van der Waals surface area contributed by atoms with E-state index in [-0.39, 0.29) is 0 Å². The molecule has 0 bridgehead atoms. The maximum absolute atomic E-state index is 6.12. The molecular formula is C9H7BrClN3S. The molecule has 0 aliphatic carbocycles. The molecule has 0 aliphatic rings. The van der Waals surface area contributed by atoms with Crippen LogP contribution in [0.1, 0.15) is 4.88 Å². The van der Waals surface area contributed by atoms with Crippen LogP contribution in [0.15, 0.2) is 22.7 Å². The number of rotatable bonds is 2. The molecule has 78 valence electrons. The van der Waals surface area contributed by atoms with Gasteiger partial charge in [0, 0.05) is 16.6 Å². The summed E-state index contributed by atoms with van der Waals surface area (Å²) in [5.74, 6) is 0. The van der Waals surface area contributed by atoms with Gasteiger partial charge in [-0.05, 0) is 23.7 Å². The molecule has 1 aromatic carbocycles. The molecule has 0 unspecified atom stereocenters. The fourth-order valence-electron chi connectivity index (χ4n) is 1.23. The molecule has 0 radical (unpaired) electrons. The molecule has 6 heteroatoms. The lowest BCUT2D eigenvalue weighted by atomic mass is 10.1. The Hall–Kier alpha value is -0.490. The molecule has 0 saturated carbocycles. The molecule has 0 aliphatic heterocycles. The van der Waals surface area contributed by atoms with E-state index >= 15 is 0 Å². The number of nitrogens with zero attached hydrogens (tertiary/aromatic N) is 2. The van der Waals surface area contributed by atoms with Crippen LogP contribution < -0.4 is 5.73 Å². The van der Waals surface area contributed by atoms with Gasteiger partial charge >= 0.3 is 0 Å². The highest BCUT2D eigenvalue weighted by Crippen LogP contribution is 2.32. The Morgan fingerprint density at radius 1 is 1.47 bits per heavy atom. The summed E-state index contributed by atoms with van der Waals surface area (Å²) in [7, 11) is 0. The SMILES string of the molecule is NCc1snnc1-c1ccc(Br)cc1Cl. The first-order valence-corrected chi connectivity index (χ1v) is 6.13. The van der Waals surface area contributed by atoms with Crippen LogP contribution in [0.4, 0.5) is 0 Å². The lowest BCUT2D eigenvalue weighted by molar-refractivity contribution is 1.08. The standard InChI is InChI=1S/C9H7BrClN3S/c10-5-1-2-6(7(11)3-5)9-8(4-12)15-14-13-9/h1-3H,4,12H2. The molecule has 2 rings (SSSR count). The molecule has 15 heavy (non-hydrogen) atoms. The first-order valence-electron chi connectivity index (χ1n) is 4.19. The Labute approximate surface area is 105 Å². The minimum Gasteiger partial charge on any atom is -0.326 e. The van der Waals surface area contributed by atoms with E-state index < -0.39 is 0 Å². The van der Waals surface area contributed by atoms with Crippen molar-refractivity contribution in [3.63, 3.8) is 0 Å². The van der Waals surface area contributed by atoms with Crippen molar-refractivity contribution in [1.82, 2.24) is 9.59 Å². The lowest BCUT2D eigenvalue weighted by Gasteiger charge is -2.02. The number of hydrogen-bond acceptors (Lipinski definition) is 4. The number of nitrogens with two attached hydrogens (primary N) is 1. The normalized spacial score (nSPS) is 10.6. The van der Waals surface area contributed by atoms with Gasteiger partial charge in [-0.2, -0.15) is 0 Å². The fraction of sp³-hybridized carbons (Fsp3) is 0.111. The fourth-order valence-corrected chi connectivity index (χ4v) is 2.52. The Kier molecular flexibility index (Phi) is 3.35. The van der Waals surface area contributed by atoms with Crippen LogP contribution in [0.2, 0.25) is 5.02 Å². The van der Waals surface area contributed by atoms with Gasteiger partial charge in [-0.1, -0.05) is 38.1 Å². The average molecular weight is 305 g/mol. The molecule has 0 saturated heterocycles. The Bertz CT molecular complexity index is 486. The monoisotopic (exact) mass is 303 g/mol. The second kappa shape index (κ2) is 4.57. The predicted molar refractivity (Wildman–Crippen MR) is 65.9 cm³/mol. The van der Waals surface area contributed by atoms with Gasteiger partial charge < -0.3 is 5.73 Å². The molecule has 0 fully saturated rings. The van der Waals surface area contributed by atoms with Crippen molar-refractivity contribution in [1.29, 1.82) is 0 Å². The Balaban J connectivity index is 2.54. The van der Waals surface area contributed by atoms with Gasteiger partial charge in [-0.15, -0.1) is 5.10 Å². The van der Waals surface area contributed by atoms with Crippen molar-refractivity contribution in [3.8, 4) is 11.3 Å². The molecule has 0 atom stereocenters. The number of benzene rings is 1. The second-order valence-corrected chi connectivity index (χ2v) is 5.03. The summed E-state index contributed by atoms with van der Waals surface area (Å²) in [6.07, 6.45) is 0. The van der Waals surface area contributed by atoms with E-state index in [1.807, 2.05) is 18.2 Å². The molecule has 1 heterocycles. The smallest absolute Gasteiger partial charge is 0.111 e. The first-order chi connectivity index (χ1) is 7.22. The van der Waals surface area contributed by atoms with E-state index in [2.05, 4.69) is 25.5 Å². The van der Waals surface area contributed by atoms with Gasteiger partial charge in [0.2, 0.25) is 0 Å². The minimum atomic E-state index is 0.430. The van der Waals surface area contributed by atoms with Gasteiger partial charge in [0.25, 0.3) is 0 Å². The third kappa shape index (κ3) is 2.20. The number of aromatic nitrogens is 2. The van der Waals surface area contributed by atoms with Crippen molar-refractivity contribution in [3.05, 3.63) is 32.6 Å². The summed E-state index contributed by atoms with van der Waals surface area (Å²) in [6, 6.07) is 5.65. The summed E-state index contributed by atoms with van der Waals surface area (Å²) in [6.45, 7) is 0.430.